The maximum absolute atomic E-state index is 8.56. The molecule has 4 heteroatoms. The maximum Gasteiger partial charge on any atom is 0.112 e. The Hall–Kier alpha value is -0.220. The zero-order valence-corrected chi connectivity index (χ0v) is 9.60. The number of hydrogen-bond acceptors (Lipinski definition) is 4. The van der Waals surface area contributed by atoms with Gasteiger partial charge in [-0.25, -0.2) is 0 Å². The summed E-state index contributed by atoms with van der Waals surface area (Å²) in [6, 6.07) is 0. The van der Waals surface area contributed by atoms with E-state index in [9.17, 15) is 0 Å². The zero-order valence-electron chi connectivity index (χ0n) is 8.79. The Morgan fingerprint density at radius 3 is 2.31 bits per heavy atom. The van der Waals surface area contributed by atoms with E-state index in [1.165, 1.54) is 0 Å². The standard InChI is InChI=1S/C9H20N2OS/c1-4-9(10-12)13-8-7-11(5-2)6-3/h12H,4-8H2,1-3H3/b10-9+. The van der Waals surface area contributed by atoms with Crippen LogP contribution in [0.5, 0.6) is 0 Å². The van der Waals surface area contributed by atoms with E-state index in [0.29, 0.717) is 0 Å². The van der Waals surface area contributed by atoms with E-state index in [0.717, 1.165) is 36.9 Å². The fraction of sp³-hybridized carbons (Fsp3) is 0.889. The maximum atomic E-state index is 8.56. The number of nitrogens with zero attached hydrogens (tertiary/aromatic N) is 2. The molecule has 1 N–H and O–H groups in total. The minimum Gasteiger partial charge on any atom is -0.410 e. The van der Waals surface area contributed by atoms with Crippen LogP contribution in [0.4, 0.5) is 0 Å². The van der Waals surface area contributed by atoms with E-state index in [2.05, 4.69) is 23.9 Å². The summed E-state index contributed by atoms with van der Waals surface area (Å²) in [7, 11) is 0. The lowest BCUT2D eigenvalue weighted by molar-refractivity contribution is 0.319. The molecule has 0 aromatic carbocycles. The summed E-state index contributed by atoms with van der Waals surface area (Å²) in [6.07, 6.45) is 0.819. The third-order valence-corrected chi connectivity index (χ3v) is 3.07. The lowest BCUT2D eigenvalue weighted by atomic mass is 10.5. The van der Waals surface area contributed by atoms with E-state index >= 15 is 0 Å². The number of thioether (sulfide) groups is 1. The number of oxime groups is 1. The summed E-state index contributed by atoms with van der Waals surface area (Å²) < 4.78 is 0. The monoisotopic (exact) mass is 204 g/mol. The molecule has 0 bridgehead atoms. The van der Waals surface area contributed by atoms with Crippen LogP contribution in [0.25, 0.3) is 0 Å². The van der Waals surface area contributed by atoms with Crippen LogP contribution >= 0.6 is 11.8 Å². The predicted molar refractivity (Wildman–Crippen MR) is 59.8 cm³/mol. The molecule has 3 nitrogen and oxygen atoms in total. The second kappa shape index (κ2) is 8.38. The largest absolute Gasteiger partial charge is 0.410 e. The quantitative estimate of drug-likeness (QED) is 0.312. The molecule has 13 heavy (non-hydrogen) atoms. The van der Waals surface area contributed by atoms with Crippen molar-refractivity contribution in [2.45, 2.75) is 27.2 Å². The first-order chi connectivity index (χ1) is 6.28. The summed E-state index contributed by atoms with van der Waals surface area (Å²) in [5.74, 6) is 1.01. The topological polar surface area (TPSA) is 35.8 Å². The van der Waals surface area contributed by atoms with Gasteiger partial charge < -0.3 is 10.1 Å². The van der Waals surface area contributed by atoms with Gasteiger partial charge >= 0.3 is 0 Å². The molecule has 0 rings (SSSR count). The molecule has 0 aromatic heterocycles. The van der Waals surface area contributed by atoms with Gasteiger partial charge in [0.05, 0.1) is 0 Å². The van der Waals surface area contributed by atoms with Crippen LogP contribution in [-0.4, -0.2) is 40.5 Å². The van der Waals surface area contributed by atoms with Crippen molar-refractivity contribution in [2.24, 2.45) is 5.16 Å². The molecule has 0 saturated heterocycles. The molecular weight excluding hydrogens is 184 g/mol. The molecular formula is C9H20N2OS. The summed E-state index contributed by atoms with van der Waals surface area (Å²) in [5.41, 5.74) is 0. The molecule has 0 spiro atoms. The molecule has 78 valence electrons. The van der Waals surface area contributed by atoms with Gasteiger partial charge in [0.2, 0.25) is 0 Å². The summed E-state index contributed by atoms with van der Waals surface area (Å²) >= 11 is 1.64. The van der Waals surface area contributed by atoms with Gasteiger partial charge in [-0.15, -0.1) is 11.8 Å². The van der Waals surface area contributed by atoms with Crippen LogP contribution in [-0.2, 0) is 0 Å². The second-order valence-electron chi connectivity index (χ2n) is 2.72. The minimum atomic E-state index is 0.819. The lowest BCUT2D eigenvalue weighted by Crippen LogP contribution is -2.25. The Balaban J connectivity index is 3.53. The lowest BCUT2D eigenvalue weighted by Gasteiger charge is -2.17. The number of hydrogen-bond donors (Lipinski definition) is 1. The third-order valence-electron chi connectivity index (χ3n) is 1.98. The highest BCUT2D eigenvalue weighted by Gasteiger charge is 2.01. The summed E-state index contributed by atoms with van der Waals surface area (Å²) in [6.45, 7) is 9.57. The van der Waals surface area contributed by atoms with Crippen LogP contribution in [0.2, 0.25) is 0 Å². The van der Waals surface area contributed by atoms with Crippen LogP contribution in [0, 0.1) is 0 Å². The van der Waals surface area contributed by atoms with Crippen molar-refractivity contribution in [3.05, 3.63) is 0 Å². The van der Waals surface area contributed by atoms with Crippen molar-refractivity contribution in [3.8, 4) is 0 Å². The van der Waals surface area contributed by atoms with Crippen LogP contribution in [0.3, 0.4) is 0 Å². The normalized spacial score (nSPS) is 12.5. The minimum absolute atomic E-state index is 0.819. The van der Waals surface area contributed by atoms with Gasteiger partial charge in [-0.3, -0.25) is 0 Å². The molecule has 0 amide bonds. The van der Waals surface area contributed by atoms with E-state index in [1.54, 1.807) is 11.8 Å². The molecule has 0 radical (unpaired) electrons. The summed E-state index contributed by atoms with van der Waals surface area (Å²) in [5, 5.41) is 12.6. The Kier molecular flexibility index (Phi) is 8.24. The first kappa shape index (κ1) is 12.8. The Bertz CT molecular complexity index is 147. The van der Waals surface area contributed by atoms with Crippen molar-refractivity contribution < 1.29 is 5.21 Å². The highest BCUT2D eigenvalue weighted by Crippen LogP contribution is 2.07. The Morgan fingerprint density at radius 2 is 1.92 bits per heavy atom. The first-order valence-corrected chi connectivity index (χ1v) is 5.83. The Morgan fingerprint density at radius 1 is 1.31 bits per heavy atom. The molecule has 0 aliphatic rings. The third kappa shape index (κ3) is 5.93. The van der Waals surface area contributed by atoms with Crippen LogP contribution in [0.15, 0.2) is 5.16 Å². The van der Waals surface area contributed by atoms with E-state index < -0.39 is 0 Å². The van der Waals surface area contributed by atoms with Crippen LogP contribution < -0.4 is 0 Å². The summed E-state index contributed by atoms with van der Waals surface area (Å²) in [4.78, 5) is 2.36. The molecule has 0 saturated carbocycles. The fourth-order valence-corrected chi connectivity index (χ4v) is 1.88. The molecule has 0 aliphatic heterocycles. The van der Waals surface area contributed by atoms with Crippen molar-refractivity contribution >= 4 is 16.8 Å². The second-order valence-corrected chi connectivity index (χ2v) is 3.89. The average Bonchev–Trinajstić information content (AvgIpc) is 2.19. The molecule has 0 aliphatic carbocycles. The molecule has 0 aromatic rings. The van der Waals surface area contributed by atoms with Gasteiger partial charge in [-0.05, 0) is 19.5 Å². The molecule has 0 atom stereocenters. The van der Waals surface area contributed by atoms with Gasteiger partial charge in [-0.2, -0.15) is 0 Å². The van der Waals surface area contributed by atoms with Gasteiger partial charge in [0, 0.05) is 12.3 Å². The smallest absolute Gasteiger partial charge is 0.112 e. The first-order valence-electron chi connectivity index (χ1n) is 4.84. The van der Waals surface area contributed by atoms with E-state index in [1.807, 2.05) is 6.92 Å². The van der Waals surface area contributed by atoms with Crippen LogP contribution in [0.1, 0.15) is 27.2 Å². The SMILES string of the molecule is CC/C(=N\O)SCCN(CC)CC. The average molecular weight is 204 g/mol. The van der Waals surface area contributed by atoms with Gasteiger partial charge in [-0.1, -0.05) is 25.9 Å². The number of rotatable bonds is 6. The fourth-order valence-electron chi connectivity index (χ4n) is 1.03. The predicted octanol–water partition coefficient (Wildman–Crippen LogP) is 2.26. The highest BCUT2D eigenvalue weighted by atomic mass is 32.2. The van der Waals surface area contributed by atoms with Gasteiger partial charge in [0.25, 0.3) is 0 Å². The van der Waals surface area contributed by atoms with E-state index in [-0.39, 0.29) is 0 Å². The van der Waals surface area contributed by atoms with E-state index in [4.69, 9.17) is 5.21 Å². The van der Waals surface area contributed by atoms with Crippen molar-refractivity contribution in [1.29, 1.82) is 0 Å². The highest BCUT2D eigenvalue weighted by molar-refractivity contribution is 8.13. The molecule has 0 fully saturated rings. The van der Waals surface area contributed by atoms with Crippen molar-refractivity contribution in [2.75, 3.05) is 25.4 Å². The molecule has 0 heterocycles. The van der Waals surface area contributed by atoms with Gasteiger partial charge in [0.1, 0.15) is 5.04 Å². The zero-order chi connectivity index (χ0) is 10.1. The van der Waals surface area contributed by atoms with Crippen molar-refractivity contribution in [3.63, 3.8) is 0 Å². The van der Waals surface area contributed by atoms with Crippen molar-refractivity contribution in [1.82, 2.24) is 4.90 Å². The molecule has 0 unspecified atom stereocenters. The van der Waals surface area contributed by atoms with Gasteiger partial charge in [0.15, 0.2) is 0 Å². The Labute approximate surface area is 85.2 Å².